The van der Waals surface area contributed by atoms with Crippen molar-refractivity contribution in [3.8, 4) is 0 Å². The topological polar surface area (TPSA) is 67.6 Å². The van der Waals surface area contributed by atoms with Crippen LogP contribution in [0.1, 0.15) is 39.4 Å². The smallest absolute Gasteiger partial charge is 0.410 e. The van der Waals surface area contributed by atoms with E-state index in [-0.39, 0.29) is 6.09 Å². The van der Waals surface area contributed by atoms with Crippen LogP contribution < -0.4 is 5.32 Å². The number of nitrogens with zero attached hydrogens (tertiary/aromatic N) is 2. The van der Waals surface area contributed by atoms with Gasteiger partial charge < -0.3 is 19.5 Å². The number of likely N-dealkylation sites (tertiary alicyclic amines) is 1. The van der Waals surface area contributed by atoms with Gasteiger partial charge in [0.2, 0.25) is 0 Å². The normalized spacial score (nSPS) is 17.2. The van der Waals surface area contributed by atoms with Crippen molar-refractivity contribution in [2.75, 3.05) is 13.1 Å². The molecule has 0 saturated carbocycles. The van der Waals surface area contributed by atoms with E-state index in [0.717, 1.165) is 31.7 Å². The SMILES string of the molecule is CC(C)(C)OC(=O)N1CCC(NCc2ccno2)CC1. The number of piperidine rings is 1. The first-order chi connectivity index (χ1) is 9.44. The zero-order chi connectivity index (χ0) is 14.6. The van der Waals surface area contributed by atoms with Gasteiger partial charge >= 0.3 is 6.09 Å². The first-order valence-electron chi connectivity index (χ1n) is 7.05. The molecular formula is C14H23N3O3. The minimum Gasteiger partial charge on any atom is -0.444 e. The third-order valence-corrected chi connectivity index (χ3v) is 3.20. The van der Waals surface area contributed by atoms with E-state index in [9.17, 15) is 4.79 Å². The molecule has 2 rings (SSSR count). The van der Waals surface area contributed by atoms with Gasteiger partial charge in [0.25, 0.3) is 0 Å². The lowest BCUT2D eigenvalue weighted by molar-refractivity contribution is 0.0197. The Morgan fingerprint density at radius 2 is 2.20 bits per heavy atom. The third kappa shape index (κ3) is 4.52. The second-order valence-corrected chi connectivity index (χ2v) is 6.10. The highest BCUT2D eigenvalue weighted by Crippen LogP contribution is 2.15. The Morgan fingerprint density at radius 3 is 2.75 bits per heavy atom. The molecule has 0 spiro atoms. The van der Waals surface area contributed by atoms with Gasteiger partial charge in [-0.25, -0.2) is 4.79 Å². The van der Waals surface area contributed by atoms with Gasteiger partial charge in [-0.15, -0.1) is 0 Å². The molecule has 0 unspecified atom stereocenters. The molecule has 1 saturated heterocycles. The Bertz CT molecular complexity index is 417. The van der Waals surface area contributed by atoms with E-state index in [1.807, 2.05) is 26.8 Å². The van der Waals surface area contributed by atoms with Gasteiger partial charge in [-0.2, -0.15) is 0 Å². The number of nitrogens with one attached hydrogen (secondary N) is 1. The van der Waals surface area contributed by atoms with Crippen molar-refractivity contribution in [2.45, 2.75) is 51.8 Å². The number of amides is 1. The van der Waals surface area contributed by atoms with Crippen molar-refractivity contribution in [2.24, 2.45) is 0 Å². The predicted molar refractivity (Wildman–Crippen MR) is 74.2 cm³/mol. The molecule has 1 N–H and O–H groups in total. The lowest BCUT2D eigenvalue weighted by Crippen LogP contribution is -2.46. The maximum atomic E-state index is 11.9. The lowest BCUT2D eigenvalue weighted by Gasteiger charge is -2.33. The molecule has 112 valence electrons. The summed E-state index contributed by atoms with van der Waals surface area (Å²) in [6, 6.07) is 2.25. The van der Waals surface area contributed by atoms with Gasteiger partial charge in [-0.3, -0.25) is 0 Å². The molecule has 1 fully saturated rings. The van der Waals surface area contributed by atoms with Crippen LogP contribution in [0.2, 0.25) is 0 Å². The van der Waals surface area contributed by atoms with Gasteiger partial charge in [0.1, 0.15) is 11.4 Å². The molecule has 0 aliphatic carbocycles. The van der Waals surface area contributed by atoms with E-state index in [2.05, 4.69) is 10.5 Å². The van der Waals surface area contributed by atoms with Crippen LogP contribution in [0.15, 0.2) is 16.8 Å². The summed E-state index contributed by atoms with van der Waals surface area (Å²) in [5, 5.41) is 7.09. The standard InChI is InChI=1S/C14H23N3O3/c1-14(2,3)19-13(18)17-8-5-11(6-9-17)15-10-12-4-7-16-20-12/h4,7,11,15H,5-6,8-10H2,1-3H3. The quantitative estimate of drug-likeness (QED) is 0.919. The van der Waals surface area contributed by atoms with E-state index in [1.54, 1.807) is 11.1 Å². The Kier molecular flexibility index (Phi) is 4.65. The Balaban J connectivity index is 1.71. The monoisotopic (exact) mass is 281 g/mol. The number of carbonyl (C=O) groups excluding carboxylic acids is 1. The summed E-state index contributed by atoms with van der Waals surface area (Å²) < 4.78 is 10.4. The molecule has 20 heavy (non-hydrogen) atoms. The molecule has 6 nitrogen and oxygen atoms in total. The van der Waals surface area contributed by atoms with Crippen LogP contribution in [-0.4, -0.2) is 40.9 Å². The average Bonchev–Trinajstić information content (AvgIpc) is 2.88. The second-order valence-electron chi connectivity index (χ2n) is 6.10. The van der Waals surface area contributed by atoms with Crippen LogP contribution in [-0.2, 0) is 11.3 Å². The highest BCUT2D eigenvalue weighted by molar-refractivity contribution is 5.68. The van der Waals surface area contributed by atoms with Crippen LogP contribution in [0.4, 0.5) is 4.79 Å². The van der Waals surface area contributed by atoms with Crippen molar-refractivity contribution in [1.29, 1.82) is 0 Å². The second kappa shape index (κ2) is 6.26. The number of hydrogen-bond acceptors (Lipinski definition) is 5. The highest BCUT2D eigenvalue weighted by Gasteiger charge is 2.26. The van der Waals surface area contributed by atoms with E-state index in [4.69, 9.17) is 9.26 Å². The molecular weight excluding hydrogens is 258 g/mol. The zero-order valence-corrected chi connectivity index (χ0v) is 12.4. The highest BCUT2D eigenvalue weighted by atomic mass is 16.6. The van der Waals surface area contributed by atoms with Gasteiger partial charge in [0.05, 0.1) is 12.7 Å². The fourth-order valence-electron chi connectivity index (χ4n) is 2.17. The number of ether oxygens (including phenoxy) is 1. The molecule has 0 radical (unpaired) electrons. The van der Waals surface area contributed by atoms with E-state index >= 15 is 0 Å². The molecule has 1 amide bonds. The Hall–Kier alpha value is -1.56. The number of rotatable bonds is 3. The maximum absolute atomic E-state index is 11.9. The summed E-state index contributed by atoms with van der Waals surface area (Å²) in [5.41, 5.74) is -0.432. The average molecular weight is 281 g/mol. The zero-order valence-electron chi connectivity index (χ0n) is 12.4. The van der Waals surface area contributed by atoms with Crippen LogP contribution in [0, 0.1) is 0 Å². The summed E-state index contributed by atoms with van der Waals surface area (Å²) in [4.78, 5) is 13.7. The largest absolute Gasteiger partial charge is 0.444 e. The summed E-state index contributed by atoms with van der Waals surface area (Å²) in [6.45, 7) is 7.78. The first-order valence-corrected chi connectivity index (χ1v) is 7.05. The molecule has 1 aromatic rings. The molecule has 0 aromatic carbocycles. The van der Waals surface area contributed by atoms with Crippen molar-refractivity contribution in [3.63, 3.8) is 0 Å². The minimum atomic E-state index is -0.432. The number of carbonyl (C=O) groups is 1. The maximum Gasteiger partial charge on any atom is 0.410 e. The Labute approximate surface area is 119 Å². The van der Waals surface area contributed by atoms with E-state index < -0.39 is 5.60 Å². The summed E-state index contributed by atoms with van der Waals surface area (Å²) in [6.07, 6.45) is 3.27. The van der Waals surface area contributed by atoms with Gasteiger partial charge in [-0.1, -0.05) is 5.16 Å². The molecule has 1 aliphatic rings. The van der Waals surface area contributed by atoms with Gasteiger partial charge in [-0.05, 0) is 33.6 Å². The number of hydrogen-bond donors (Lipinski definition) is 1. The van der Waals surface area contributed by atoms with Crippen molar-refractivity contribution >= 4 is 6.09 Å². The predicted octanol–water partition coefficient (Wildman–Crippen LogP) is 2.16. The molecule has 1 aromatic heterocycles. The van der Waals surface area contributed by atoms with Gasteiger partial charge in [0.15, 0.2) is 0 Å². The van der Waals surface area contributed by atoms with Crippen LogP contribution in [0.5, 0.6) is 0 Å². The molecule has 0 bridgehead atoms. The summed E-state index contributed by atoms with van der Waals surface area (Å²) in [5.74, 6) is 0.833. The Morgan fingerprint density at radius 1 is 1.50 bits per heavy atom. The fraction of sp³-hybridized carbons (Fsp3) is 0.714. The van der Waals surface area contributed by atoms with Crippen molar-refractivity contribution in [3.05, 3.63) is 18.0 Å². The lowest BCUT2D eigenvalue weighted by atomic mass is 10.1. The number of aromatic nitrogens is 1. The first kappa shape index (κ1) is 14.8. The summed E-state index contributed by atoms with van der Waals surface area (Å²) >= 11 is 0. The van der Waals surface area contributed by atoms with Crippen LogP contribution in [0.3, 0.4) is 0 Å². The van der Waals surface area contributed by atoms with Crippen molar-refractivity contribution < 1.29 is 14.1 Å². The molecule has 1 aliphatic heterocycles. The third-order valence-electron chi connectivity index (χ3n) is 3.20. The van der Waals surface area contributed by atoms with Crippen LogP contribution in [0.25, 0.3) is 0 Å². The molecule has 6 heteroatoms. The van der Waals surface area contributed by atoms with E-state index in [0.29, 0.717) is 12.6 Å². The molecule has 0 atom stereocenters. The summed E-state index contributed by atoms with van der Waals surface area (Å²) in [7, 11) is 0. The minimum absolute atomic E-state index is 0.216. The fourth-order valence-corrected chi connectivity index (χ4v) is 2.17. The van der Waals surface area contributed by atoms with Crippen LogP contribution >= 0.6 is 0 Å². The van der Waals surface area contributed by atoms with E-state index in [1.165, 1.54) is 0 Å². The van der Waals surface area contributed by atoms with Gasteiger partial charge in [0, 0.05) is 25.2 Å². The molecule has 2 heterocycles. The van der Waals surface area contributed by atoms with Crippen molar-refractivity contribution in [1.82, 2.24) is 15.4 Å².